The van der Waals surface area contributed by atoms with Gasteiger partial charge in [-0.25, -0.2) is 0 Å². The second-order valence-electron chi connectivity index (χ2n) is 4.60. The third-order valence-electron chi connectivity index (χ3n) is 3.07. The Hall–Kier alpha value is -1.32. The number of halogens is 1. The topological polar surface area (TPSA) is 29.5 Å². The molecule has 2 rings (SSSR count). The zero-order valence-corrected chi connectivity index (χ0v) is 12.6. The molecule has 0 saturated heterocycles. The van der Waals surface area contributed by atoms with E-state index in [-0.39, 0.29) is 0 Å². The third kappa shape index (κ3) is 3.58. The van der Waals surface area contributed by atoms with Gasteiger partial charge in [-0.15, -0.1) is 0 Å². The van der Waals surface area contributed by atoms with Crippen molar-refractivity contribution in [3.8, 4) is 5.75 Å². The fraction of sp³-hybridized carbons (Fsp3) is 0.250. The van der Waals surface area contributed by atoms with Crippen molar-refractivity contribution in [1.29, 1.82) is 0 Å². The zero-order valence-electron chi connectivity index (χ0n) is 11.1. The standard InChI is InChI=1S/C16H17BrO2/c1-11-4-3-5-13(8-11)15(18)10-12-6-7-16(19-2)14(17)9-12/h3-9,15,18H,10H2,1-2H3. The van der Waals surface area contributed by atoms with E-state index < -0.39 is 6.10 Å². The van der Waals surface area contributed by atoms with Crippen LogP contribution in [0.15, 0.2) is 46.9 Å². The molecule has 19 heavy (non-hydrogen) atoms. The van der Waals surface area contributed by atoms with Gasteiger partial charge in [0.05, 0.1) is 17.7 Å². The lowest BCUT2D eigenvalue weighted by molar-refractivity contribution is 0.178. The maximum Gasteiger partial charge on any atom is 0.133 e. The molecule has 0 aliphatic carbocycles. The molecular formula is C16H17BrO2. The lowest BCUT2D eigenvalue weighted by Gasteiger charge is -2.13. The maximum atomic E-state index is 10.3. The molecule has 1 atom stereocenters. The monoisotopic (exact) mass is 320 g/mol. The fourth-order valence-electron chi connectivity index (χ4n) is 2.06. The first-order valence-corrected chi connectivity index (χ1v) is 6.96. The molecule has 2 aromatic carbocycles. The second kappa shape index (κ2) is 6.22. The lowest BCUT2D eigenvalue weighted by Crippen LogP contribution is -2.02. The van der Waals surface area contributed by atoms with Crippen LogP contribution in [0.1, 0.15) is 22.8 Å². The molecular weight excluding hydrogens is 304 g/mol. The summed E-state index contributed by atoms with van der Waals surface area (Å²) in [6.45, 7) is 2.03. The van der Waals surface area contributed by atoms with Crippen LogP contribution in [0.2, 0.25) is 0 Å². The summed E-state index contributed by atoms with van der Waals surface area (Å²) >= 11 is 3.46. The molecule has 0 spiro atoms. The molecule has 100 valence electrons. The third-order valence-corrected chi connectivity index (χ3v) is 3.69. The van der Waals surface area contributed by atoms with Gasteiger partial charge in [0.25, 0.3) is 0 Å². The first-order chi connectivity index (χ1) is 9.10. The second-order valence-corrected chi connectivity index (χ2v) is 5.46. The van der Waals surface area contributed by atoms with Gasteiger partial charge in [-0.1, -0.05) is 35.9 Å². The summed E-state index contributed by atoms with van der Waals surface area (Å²) in [6.07, 6.45) is 0.103. The average molecular weight is 321 g/mol. The SMILES string of the molecule is COc1ccc(CC(O)c2cccc(C)c2)cc1Br. The number of aliphatic hydroxyl groups is 1. The van der Waals surface area contributed by atoms with E-state index in [9.17, 15) is 5.11 Å². The Kier molecular flexibility index (Phi) is 4.61. The van der Waals surface area contributed by atoms with Crippen LogP contribution in [0, 0.1) is 6.92 Å². The summed E-state index contributed by atoms with van der Waals surface area (Å²) < 4.78 is 6.10. The van der Waals surface area contributed by atoms with Gasteiger partial charge in [-0.05, 0) is 46.1 Å². The summed E-state index contributed by atoms with van der Waals surface area (Å²) in [5.41, 5.74) is 3.18. The molecule has 2 aromatic rings. The highest BCUT2D eigenvalue weighted by Gasteiger charge is 2.10. The Morgan fingerprint density at radius 2 is 2.00 bits per heavy atom. The molecule has 0 bridgehead atoms. The quantitative estimate of drug-likeness (QED) is 0.921. The van der Waals surface area contributed by atoms with Gasteiger partial charge in [0.2, 0.25) is 0 Å². The highest BCUT2D eigenvalue weighted by Crippen LogP contribution is 2.28. The van der Waals surface area contributed by atoms with Gasteiger partial charge < -0.3 is 9.84 Å². The molecule has 0 aromatic heterocycles. The first-order valence-electron chi connectivity index (χ1n) is 6.17. The Bertz CT molecular complexity index is 566. The van der Waals surface area contributed by atoms with Gasteiger partial charge in [-0.2, -0.15) is 0 Å². The van der Waals surface area contributed by atoms with E-state index in [0.717, 1.165) is 26.9 Å². The molecule has 0 aliphatic rings. The summed E-state index contributed by atoms with van der Waals surface area (Å²) in [7, 11) is 1.64. The van der Waals surface area contributed by atoms with Crippen molar-refractivity contribution in [3.63, 3.8) is 0 Å². The Morgan fingerprint density at radius 3 is 2.63 bits per heavy atom. The molecule has 1 N–H and O–H groups in total. The zero-order chi connectivity index (χ0) is 13.8. The summed E-state index contributed by atoms with van der Waals surface area (Å²) in [6, 6.07) is 13.8. The van der Waals surface area contributed by atoms with Crippen molar-refractivity contribution in [2.24, 2.45) is 0 Å². The van der Waals surface area contributed by atoms with E-state index in [1.807, 2.05) is 49.4 Å². The molecule has 3 heteroatoms. The highest BCUT2D eigenvalue weighted by molar-refractivity contribution is 9.10. The molecule has 2 nitrogen and oxygen atoms in total. The van der Waals surface area contributed by atoms with Crippen LogP contribution < -0.4 is 4.74 Å². The van der Waals surface area contributed by atoms with Crippen molar-refractivity contribution in [1.82, 2.24) is 0 Å². The van der Waals surface area contributed by atoms with E-state index >= 15 is 0 Å². The van der Waals surface area contributed by atoms with Crippen LogP contribution in [-0.2, 0) is 6.42 Å². The van der Waals surface area contributed by atoms with Crippen LogP contribution >= 0.6 is 15.9 Å². The molecule has 0 amide bonds. The van der Waals surface area contributed by atoms with Crippen LogP contribution in [0.4, 0.5) is 0 Å². The largest absolute Gasteiger partial charge is 0.496 e. The van der Waals surface area contributed by atoms with E-state index in [4.69, 9.17) is 4.74 Å². The number of hydrogen-bond acceptors (Lipinski definition) is 2. The van der Waals surface area contributed by atoms with Crippen molar-refractivity contribution < 1.29 is 9.84 Å². The Labute approximate surface area is 122 Å². The normalized spacial score (nSPS) is 12.2. The molecule has 0 fully saturated rings. The van der Waals surface area contributed by atoms with E-state index in [1.165, 1.54) is 0 Å². The Morgan fingerprint density at radius 1 is 1.21 bits per heavy atom. The van der Waals surface area contributed by atoms with Crippen LogP contribution in [0.3, 0.4) is 0 Å². The number of ether oxygens (including phenoxy) is 1. The van der Waals surface area contributed by atoms with Crippen LogP contribution in [0.5, 0.6) is 5.75 Å². The highest BCUT2D eigenvalue weighted by atomic mass is 79.9. The van der Waals surface area contributed by atoms with Gasteiger partial charge >= 0.3 is 0 Å². The van der Waals surface area contributed by atoms with E-state index in [1.54, 1.807) is 7.11 Å². The van der Waals surface area contributed by atoms with Crippen LogP contribution in [-0.4, -0.2) is 12.2 Å². The number of benzene rings is 2. The Balaban J connectivity index is 2.14. The number of aliphatic hydroxyl groups excluding tert-OH is 1. The van der Waals surface area contributed by atoms with Crippen molar-refractivity contribution in [2.45, 2.75) is 19.4 Å². The summed E-state index contributed by atoms with van der Waals surface area (Å²) in [5.74, 6) is 0.800. The number of hydrogen-bond donors (Lipinski definition) is 1. The van der Waals surface area contributed by atoms with E-state index in [0.29, 0.717) is 6.42 Å². The first kappa shape index (κ1) is 14.1. The minimum absolute atomic E-state index is 0.486. The van der Waals surface area contributed by atoms with Gasteiger partial charge in [0.15, 0.2) is 0 Å². The molecule has 1 unspecified atom stereocenters. The maximum absolute atomic E-state index is 10.3. The lowest BCUT2D eigenvalue weighted by atomic mass is 10.00. The van der Waals surface area contributed by atoms with Gasteiger partial charge in [0.1, 0.15) is 5.75 Å². The van der Waals surface area contributed by atoms with Crippen molar-refractivity contribution in [2.75, 3.05) is 7.11 Å². The summed E-state index contributed by atoms with van der Waals surface area (Å²) in [5, 5.41) is 10.3. The van der Waals surface area contributed by atoms with E-state index in [2.05, 4.69) is 15.9 Å². The predicted molar refractivity (Wildman–Crippen MR) is 80.5 cm³/mol. The van der Waals surface area contributed by atoms with Crippen molar-refractivity contribution >= 4 is 15.9 Å². The fourth-order valence-corrected chi connectivity index (χ4v) is 2.64. The number of rotatable bonds is 4. The van der Waals surface area contributed by atoms with Crippen LogP contribution in [0.25, 0.3) is 0 Å². The minimum atomic E-state index is -0.486. The van der Waals surface area contributed by atoms with Gasteiger partial charge in [-0.3, -0.25) is 0 Å². The number of methoxy groups -OCH3 is 1. The smallest absolute Gasteiger partial charge is 0.133 e. The molecule has 0 radical (unpaired) electrons. The van der Waals surface area contributed by atoms with Crippen molar-refractivity contribution in [3.05, 3.63) is 63.6 Å². The predicted octanol–water partition coefficient (Wildman–Crippen LogP) is 4.04. The molecule has 0 aliphatic heterocycles. The number of aryl methyl sites for hydroxylation is 1. The summed E-state index contributed by atoms with van der Waals surface area (Å²) in [4.78, 5) is 0. The van der Waals surface area contributed by atoms with Gasteiger partial charge in [0, 0.05) is 6.42 Å². The minimum Gasteiger partial charge on any atom is -0.496 e. The average Bonchev–Trinajstić information content (AvgIpc) is 2.39. The molecule has 0 saturated carbocycles. The molecule has 0 heterocycles.